The van der Waals surface area contributed by atoms with Gasteiger partial charge in [0.1, 0.15) is 28.2 Å². The van der Waals surface area contributed by atoms with E-state index in [1.165, 1.54) is 12.8 Å². The van der Waals surface area contributed by atoms with Crippen molar-refractivity contribution in [2.45, 2.75) is 64.2 Å². The number of hydrogen-bond acceptors (Lipinski definition) is 8. The number of benzene rings is 1. The van der Waals surface area contributed by atoms with Gasteiger partial charge < -0.3 is 19.5 Å². The van der Waals surface area contributed by atoms with Crippen molar-refractivity contribution < 1.29 is 19.4 Å². The van der Waals surface area contributed by atoms with Crippen LogP contribution in [0, 0.1) is 5.92 Å². The van der Waals surface area contributed by atoms with Crippen molar-refractivity contribution in [2.75, 3.05) is 30.2 Å². The van der Waals surface area contributed by atoms with E-state index in [1.807, 2.05) is 45.0 Å². The highest BCUT2D eigenvalue weighted by molar-refractivity contribution is 6.35. The number of ether oxygens (including phenoxy) is 2. The third kappa shape index (κ3) is 5.05. The first kappa shape index (κ1) is 24.9. The third-order valence-corrected chi connectivity index (χ3v) is 7.08. The fourth-order valence-electron chi connectivity index (χ4n) is 4.83. The molecular weight excluding hydrogens is 482 g/mol. The molecule has 1 amide bonds. The number of pyridine rings is 1. The molecule has 0 bridgehead atoms. The van der Waals surface area contributed by atoms with Crippen LogP contribution in [0.1, 0.15) is 58.1 Å². The molecule has 2 aromatic rings. The number of amides is 1. The Morgan fingerprint density at radius 2 is 2.06 bits per heavy atom. The van der Waals surface area contributed by atoms with Crippen LogP contribution in [0.4, 0.5) is 16.2 Å². The lowest BCUT2D eigenvalue weighted by Crippen LogP contribution is -2.43. The zero-order valence-electron chi connectivity index (χ0n) is 21.2. The summed E-state index contributed by atoms with van der Waals surface area (Å²) in [6, 6.07) is 6.89. The number of anilines is 2. The van der Waals surface area contributed by atoms with E-state index in [0.29, 0.717) is 35.2 Å². The van der Waals surface area contributed by atoms with E-state index in [9.17, 15) is 9.90 Å². The summed E-state index contributed by atoms with van der Waals surface area (Å²) in [6.45, 7) is 6.95. The number of aliphatic hydroxyl groups is 1. The lowest BCUT2D eigenvalue weighted by atomic mass is 10.0. The number of carbonyl (C=O) groups is 1. The lowest BCUT2D eigenvalue weighted by molar-refractivity contribution is 0.00450. The quantitative estimate of drug-likeness (QED) is 0.552. The summed E-state index contributed by atoms with van der Waals surface area (Å²) in [6.07, 6.45) is 4.13. The fraction of sp³-hybridized carbons (Fsp3) is 0.538. The minimum atomic E-state index is -0.990. The van der Waals surface area contributed by atoms with Crippen LogP contribution >= 0.6 is 11.6 Å². The van der Waals surface area contributed by atoms with Gasteiger partial charge in [-0.1, -0.05) is 11.6 Å². The number of likely N-dealkylation sites (tertiary alicyclic amines) is 1. The number of fused-ring (bicyclic) bond motifs is 1. The fourth-order valence-corrected chi connectivity index (χ4v) is 5.15. The second-order valence-electron chi connectivity index (χ2n) is 10.8. The van der Waals surface area contributed by atoms with Crippen molar-refractivity contribution in [1.82, 2.24) is 15.4 Å². The zero-order chi connectivity index (χ0) is 25.6. The first-order valence-electron chi connectivity index (χ1n) is 12.5. The number of halogens is 1. The molecule has 1 saturated carbocycles. The second-order valence-corrected chi connectivity index (χ2v) is 11.2. The Morgan fingerprint density at radius 3 is 2.78 bits per heavy atom. The highest BCUT2D eigenvalue weighted by Crippen LogP contribution is 2.47. The van der Waals surface area contributed by atoms with Crippen LogP contribution in [0.3, 0.4) is 0 Å². The Kier molecular flexibility index (Phi) is 6.65. The molecule has 5 rings (SSSR count). The SMILES string of the molecule is CN1NN(CC2CC2)c2ccc(Oc3ncccc3C(O)C3CCCN3C(=O)OC(C)(C)C)c(Cl)c21. The molecule has 3 heterocycles. The van der Waals surface area contributed by atoms with Gasteiger partial charge >= 0.3 is 6.09 Å². The van der Waals surface area contributed by atoms with E-state index < -0.39 is 23.8 Å². The van der Waals surface area contributed by atoms with Gasteiger partial charge in [-0.3, -0.25) is 10.0 Å². The maximum atomic E-state index is 12.8. The molecule has 2 aliphatic heterocycles. The molecule has 2 atom stereocenters. The van der Waals surface area contributed by atoms with Gasteiger partial charge in [0.15, 0.2) is 0 Å². The molecule has 10 heteroatoms. The van der Waals surface area contributed by atoms with Gasteiger partial charge in [0.2, 0.25) is 5.88 Å². The number of aliphatic hydroxyl groups excluding tert-OH is 1. The van der Waals surface area contributed by atoms with Crippen LogP contribution < -0.4 is 20.3 Å². The van der Waals surface area contributed by atoms with Gasteiger partial charge in [0, 0.05) is 31.9 Å². The summed E-state index contributed by atoms with van der Waals surface area (Å²) in [5.41, 5.74) is 5.06. The summed E-state index contributed by atoms with van der Waals surface area (Å²) in [7, 11) is 1.92. The van der Waals surface area contributed by atoms with Crippen LogP contribution in [0.25, 0.3) is 0 Å². The normalized spacial score (nSPS) is 20.5. The maximum absolute atomic E-state index is 12.8. The van der Waals surface area contributed by atoms with E-state index in [1.54, 1.807) is 23.2 Å². The van der Waals surface area contributed by atoms with Crippen molar-refractivity contribution in [2.24, 2.45) is 5.92 Å². The standard InChI is InChI=1S/C26H34ClN5O4/c1-26(2,3)36-25(34)31-14-6-8-19(31)23(33)17-7-5-13-28-24(17)35-20-12-11-18-22(21(20)27)30(4)29-32(18)15-16-9-10-16/h5,7,11-13,16,19,23,29,33H,6,8-10,14-15H2,1-4H3. The molecule has 1 aromatic carbocycles. The number of nitrogens with zero attached hydrogens (tertiary/aromatic N) is 4. The van der Waals surface area contributed by atoms with Crippen LogP contribution in [-0.2, 0) is 4.74 Å². The molecule has 1 aliphatic carbocycles. The number of aromatic nitrogens is 1. The number of hydrazine groups is 2. The van der Waals surface area contributed by atoms with Crippen LogP contribution in [0.15, 0.2) is 30.5 Å². The Bertz CT molecular complexity index is 1140. The van der Waals surface area contributed by atoms with Gasteiger partial charge in [-0.2, -0.15) is 0 Å². The molecular formula is C26H34ClN5O4. The van der Waals surface area contributed by atoms with E-state index in [-0.39, 0.29) is 5.88 Å². The van der Waals surface area contributed by atoms with E-state index in [4.69, 9.17) is 21.1 Å². The third-order valence-electron chi connectivity index (χ3n) is 6.71. The number of hydrogen-bond donors (Lipinski definition) is 2. The smallest absolute Gasteiger partial charge is 0.410 e. The van der Waals surface area contributed by atoms with Gasteiger partial charge in [0.05, 0.1) is 11.7 Å². The molecule has 0 spiro atoms. The van der Waals surface area contributed by atoms with E-state index in [0.717, 1.165) is 24.3 Å². The van der Waals surface area contributed by atoms with E-state index in [2.05, 4.69) is 15.5 Å². The lowest BCUT2D eigenvalue weighted by Gasteiger charge is -2.31. The number of nitrogens with one attached hydrogen (secondary N) is 1. The van der Waals surface area contributed by atoms with Crippen molar-refractivity contribution in [3.8, 4) is 11.6 Å². The zero-order valence-corrected chi connectivity index (χ0v) is 22.0. The Balaban J connectivity index is 1.38. The molecule has 2 N–H and O–H groups in total. The summed E-state index contributed by atoms with van der Waals surface area (Å²) in [5, 5.41) is 15.8. The topological polar surface area (TPSA) is 90.4 Å². The van der Waals surface area contributed by atoms with Gasteiger partial charge in [-0.25, -0.2) is 9.78 Å². The molecule has 9 nitrogen and oxygen atoms in total. The Morgan fingerprint density at radius 1 is 1.28 bits per heavy atom. The monoisotopic (exact) mass is 515 g/mol. The first-order chi connectivity index (χ1) is 17.1. The highest BCUT2D eigenvalue weighted by Gasteiger charge is 2.38. The van der Waals surface area contributed by atoms with Gasteiger partial charge in [-0.15, -0.1) is 5.53 Å². The number of carbonyl (C=O) groups excluding carboxylic acids is 1. The summed E-state index contributed by atoms with van der Waals surface area (Å²) in [4.78, 5) is 18.8. The molecule has 2 fully saturated rings. The molecule has 2 unspecified atom stereocenters. The van der Waals surface area contributed by atoms with Crippen LogP contribution in [-0.4, -0.2) is 52.9 Å². The molecule has 1 aromatic heterocycles. The minimum absolute atomic E-state index is 0.256. The van der Waals surface area contributed by atoms with Gasteiger partial charge in [-0.05, 0) is 76.6 Å². The molecule has 1 saturated heterocycles. The molecule has 36 heavy (non-hydrogen) atoms. The summed E-state index contributed by atoms with van der Waals surface area (Å²) < 4.78 is 11.8. The maximum Gasteiger partial charge on any atom is 0.410 e. The Labute approximate surface area is 216 Å². The van der Waals surface area contributed by atoms with Crippen molar-refractivity contribution in [3.05, 3.63) is 41.0 Å². The Hall–Kier alpha value is -2.75. The first-order valence-corrected chi connectivity index (χ1v) is 12.9. The number of rotatable bonds is 6. The van der Waals surface area contributed by atoms with E-state index >= 15 is 0 Å². The summed E-state index contributed by atoms with van der Waals surface area (Å²) in [5.74, 6) is 1.41. The minimum Gasteiger partial charge on any atom is -0.444 e. The summed E-state index contributed by atoms with van der Waals surface area (Å²) >= 11 is 6.81. The molecule has 194 valence electrons. The molecule has 0 radical (unpaired) electrons. The van der Waals surface area contributed by atoms with Crippen LogP contribution in [0.5, 0.6) is 11.6 Å². The highest BCUT2D eigenvalue weighted by atomic mass is 35.5. The van der Waals surface area contributed by atoms with Crippen molar-refractivity contribution >= 4 is 29.1 Å². The van der Waals surface area contributed by atoms with Gasteiger partial charge in [0.25, 0.3) is 0 Å². The predicted molar refractivity (Wildman–Crippen MR) is 138 cm³/mol. The average Bonchev–Trinajstić information content (AvgIpc) is 3.38. The predicted octanol–water partition coefficient (Wildman–Crippen LogP) is 5.05. The largest absolute Gasteiger partial charge is 0.444 e. The van der Waals surface area contributed by atoms with Crippen molar-refractivity contribution in [3.63, 3.8) is 0 Å². The second kappa shape index (κ2) is 9.61. The van der Waals surface area contributed by atoms with Crippen LogP contribution in [0.2, 0.25) is 5.02 Å². The molecule has 3 aliphatic rings. The van der Waals surface area contributed by atoms with Crippen molar-refractivity contribution in [1.29, 1.82) is 0 Å². The average molecular weight is 516 g/mol.